The van der Waals surface area contributed by atoms with Crippen molar-refractivity contribution in [1.82, 2.24) is 15.2 Å². The molecule has 0 saturated carbocycles. The summed E-state index contributed by atoms with van der Waals surface area (Å²) in [5, 5.41) is 9.70. The zero-order valence-electron chi connectivity index (χ0n) is 11.6. The fourth-order valence-corrected chi connectivity index (χ4v) is 3.65. The van der Waals surface area contributed by atoms with Crippen LogP contribution in [0.3, 0.4) is 0 Å². The number of hydrogen-bond acceptors (Lipinski definition) is 6. The van der Waals surface area contributed by atoms with E-state index in [1.54, 1.807) is 11.3 Å². The van der Waals surface area contributed by atoms with E-state index in [4.69, 9.17) is 4.74 Å². The lowest BCUT2D eigenvalue weighted by Crippen LogP contribution is -2.41. The summed E-state index contributed by atoms with van der Waals surface area (Å²) in [5.74, 6) is -0.0963. The topological polar surface area (TPSA) is 54.5 Å². The molecule has 3 rings (SSSR count). The molecule has 3 heterocycles. The molecule has 7 heteroatoms. The molecule has 2 aromatic heterocycles. The van der Waals surface area contributed by atoms with Crippen LogP contribution in [0.5, 0.6) is 0 Å². The van der Waals surface area contributed by atoms with E-state index in [9.17, 15) is 4.79 Å². The van der Waals surface area contributed by atoms with Gasteiger partial charge in [-0.15, -0.1) is 11.3 Å². The minimum Gasteiger partial charge on any atom is -0.379 e. The lowest BCUT2D eigenvalue weighted by molar-refractivity contribution is 0.0383. The van der Waals surface area contributed by atoms with Crippen LogP contribution in [0, 0.1) is 0 Å². The number of rotatable bonds is 5. The fraction of sp³-hybridized carbons (Fsp3) is 0.429. The van der Waals surface area contributed by atoms with E-state index >= 15 is 0 Å². The molecule has 1 amide bonds. The molecular weight excluding hydrogens is 306 g/mol. The van der Waals surface area contributed by atoms with Gasteiger partial charge >= 0.3 is 0 Å². The van der Waals surface area contributed by atoms with E-state index < -0.39 is 0 Å². The second-order valence-corrected chi connectivity index (χ2v) is 6.40. The Labute approximate surface area is 131 Å². The van der Waals surface area contributed by atoms with E-state index in [0.29, 0.717) is 12.2 Å². The van der Waals surface area contributed by atoms with Gasteiger partial charge in [0.2, 0.25) is 0 Å². The van der Waals surface area contributed by atoms with Crippen LogP contribution in [0.15, 0.2) is 22.2 Å². The van der Waals surface area contributed by atoms with Crippen LogP contribution in [-0.2, 0) is 4.74 Å². The first kappa shape index (κ1) is 14.6. The first-order chi connectivity index (χ1) is 10.3. The van der Waals surface area contributed by atoms with Crippen molar-refractivity contribution >= 4 is 28.6 Å². The van der Waals surface area contributed by atoms with Crippen LogP contribution in [0.4, 0.5) is 0 Å². The Kier molecular flexibility index (Phi) is 4.97. The summed E-state index contributed by atoms with van der Waals surface area (Å²) in [6, 6.07) is 2.02. The van der Waals surface area contributed by atoms with Crippen molar-refractivity contribution in [2.75, 3.05) is 39.4 Å². The molecule has 1 aliphatic rings. The average Bonchev–Trinajstić information content (AvgIpc) is 3.19. The summed E-state index contributed by atoms with van der Waals surface area (Å²) in [5.41, 5.74) is 1.58. The fourth-order valence-electron chi connectivity index (χ4n) is 2.14. The third-order valence-corrected chi connectivity index (χ3v) is 4.90. The van der Waals surface area contributed by atoms with E-state index in [1.807, 2.05) is 22.2 Å². The Morgan fingerprint density at radius 2 is 2.24 bits per heavy atom. The molecule has 5 nitrogen and oxygen atoms in total. The highest BCUT2D eigenvalue weighted by molar-refractivity contribution is 7.14. The summed E-state index contributed by atoms with van der Waals surface area (Å²) in [4.78, 5) is 18.8. The number of nitrogens with zero attached hydrogens (tertiary/aromatic N) is 2. The minimum atomic E-state index is -0.0963. The Balaban J connectivity index is 1.49. The SMILES string of the molecule is O=C(NCCN1CCOCC1)c1csc(-c2ccsc2)n1. The molecule has 21 heavy (non-hydrogen) atoms. The number of hydrogen-bond donors (Lipinski definition) is 1. The highest BCUT2D eigenvalue weighted by atomic mass is 32.1. The van der Waals surface area contributed by atoms with Crippen LogP contribution in [0.25, 0.3) is 10.6 Å². The predicted octanol–water partition coefficient (Wildman–Crippen LogP) is 1.93. The molecule has 0 atom stereocenters. The van der Waals surface area contributed by atoms with Gasteiger partial charge in [-0.2, -0.15) is 11.3 Å². The number of carbonyl (C=O) groups excluding carboxylic acids is 1. The zero-order valence-corrected chi connectivity index (χ0v) is 13.2. The second kappa shape index (κ2) is 7.13. The maximum atomic E-state index is 12.1. The molecule has 1 aliphatic heterocycles. The molecule has 1 saturated heterocycles. The van der Waals surface area contributed by atoms with Crippen LogP contribution >= 0.6 is 22.7 Å². The molecule has 1 fully saturated rings. The largest absolute Gasteiger partial charge is 0.379 e. The second-order valence-electron chi connectivity index (χ2n) is 4.76. The third-order valence-electron chi connectivity index (χ3n) is 3.32. The molecule has 0 aliphatic carbocycles. The van der Waals surface area contributed by atoms with Gasteiger partial charge in [0.25, 0.3) is 5.91 Å². The van der Waals surface area contributed by atoms with Crippen molar-refractivity contribution in [1.29, 1.82) is 0 Å². The molecule has 112 valence electrons. The van der Waals surface area contributed by atoms with Crippen molar-refractivity contribution in [2.45, 2.75) is 0 Å². The van der Waals surface area contributed by atoms with Gasteiger partial charge in [-0.1, -0.05) is 0 Å². The maximum Gasteiger partial charge on any atom is 0.270 e. The molecule has 0 radical (unpaired) electrons. The number of thiazole rings is 1. The average molecular weight is 323 g/mol. The van der Waals surface area contributed by atoms with Gasteiger partial charge in [-0.3, -0.25) is 9.69 Å². The summed E-state index contributed by atoms with van der Waals surface area (Å²) >= 11 is 3.14. The lowest BCUT2D eigenvalue weighted by Gasteiger charge is -2.26. The Morgan fingerprint density at radius 1 is 1.38 bits per heavy atom. The number of carbonyl (C=O) groups is 1. The van der Waals surface area contributed by atoms with Crippen molar-refractivity contribution in [3.05, 3.63) is 27.9 Å². The number of morpholine rings is 1. The van der Waals surface area contributed by atoms with Gasteiger partial charge in [0.1, 0.15) is 10.7 Å². The van der Waals surface area contributed by atoms with Gasteiger partial charge in [0.15, 0.2) is 0 Å². The predicted molar refractivity (Wildman–Crippen MR) is 85.0 cm³/mol. The van der Waals surface area contributed by atoms with Gasteiger partial charge in [-0.25, -0.2) is 4.98 Å². The first-order valence-electron chi connectivity index (χ1n) is 6.89. The van der Waals surface area contributed by atoms with Gasteiger partial charge in [0.05, 0.1) is 13.2 Å². The van der Waals surface area contributed by atoms with E-state index in [2.05, 4.69) is 15.2 Å². The van der Waals surface area contributed by atoms with E-state index in [1.165, 1.54) is 11.3 Å². The highest BCUT2D eigenvalue weighted by Crippen LogP contribution is 2.25. The highest BCUT2D eigenvalue weighted by Gasteiger charge is 2.13. The molecule has 0 spiro atoms. The summed E-state index contributed by atoms with van der Waals surface area (Å²) < 4.78 is 5.30. The first-order valence-corrected chi connectivity index (χ1v) is 8.71. The third kappa shape index (κ3) is 3.88. The number of aromatic nitrogens is 1. The quantitative estimate of drug-likeness (QED) is 0.913. The Morgan fingerprint density at radius 3 is 3.00 bits per heavy atom. The standard InChI is InChI=1S/C14H17N3O2S2/c18-13(15-2-3-17-4-6-19-7-5-17)12-10-21-14(16-12)11-1-8-20-9-11/h1,8-10H,2-7H2,(H,15,18). The molecule has 0 unspecified atom stereocenters. The zero-order chi connectivity index (χ0) is 14.5. The molecular formula is C14H17N3O2S2. The van der Waals surface area contributed by atoms with Crippen LogP contribution in [-0.4, -0.2) is 55.2 Å². The minimum absolute atomic E-state index is 0.0963. The smallest absolute Gasteiger partial charge is 0.270 e. The van der Waals surface area contributed by atoms with Crippen molar-refractivity contribution in [3.63, 3.8) is 0 Å². The summed E-state index contributed by atoms with van der Waals surface area (Å²) in [7, 11) is 0. The number of ether oxygens (including phenoxy) is 1. The van der Waals surface area contributed by atoms with Gasteiger partial charge < -0.3 is 10.1 Å². The normalized spacial score (nSPS) is 16.0. The summed E-state index contributed by atoms with van der Waals surface area (Å²) in [6.45, 7) is 4.94. The van der Waals surface area contributed by atoms with Crippen molar-refractivity contribution in [3.8, 4) is 10.6 Å². The van der Waals surface area contributed by atoms with Crippen LogP contribution in [0.2, 0.25) is 0 Å². The number of thiophene rings is 1. The summed E-state index contributed by atoms with van der Waals surface area (Å²) in [6.07, 6.45) is 0. The van der Waals surface area contributed by atoms with Crippen molar-refractivity contribution < 1.29 is 9.53 Å². The Bertz CT molecular complexity index is 577. The van der Waals surface area contributed by atoms with Gasteiger partial charge in [0, 0.05) is 42.5 Å². The maximum absolute atomic E-state index is 12.1. The van der Waals surface area contributed by atoms with Crippen molar-refractivity contribution in [2.24, 2.45) is 0 Å². The van der Waals surface area contributed by atoms with E-state index in [0.717, 1.165) is 43.4 Å². The molecule has 2 aromatic rings. The van der Waals surface area contributed by atoms with E-state index in [-0.39, 0.29) is 5.91 Å². The van der Waals surface area contributed by atoms with Gasteiger partial charge in [-0.05, 0) is 11.4 Å². The molecule has 0 aromatic carbocycles. The monoisotopic (exact) mass is 323 g/mol. The molecule has 0 bridgehead atoms. The number of nitrogens with one attached hydrogen (secondary N) is 1. The Hall–Kier alpha value is -1.28. The molecule has 1 N–H and O–H groups in total. The lowest BCUT2D eigenvalue weighted by atomic mass is 10.3. The number of amides is 1. The van der Waals surface area contributed by atoms with Crippen LogP contribution in [0.1, 0.15) is 10.5 Å². The van der Waals surface area contributed by atoms with Crippen LogP contribution < -0.4 is 5.32 Å².